The second-order valence-corrected chi connectivity index (χ2v) is 5.44. The Hall–Kier alpha value is -2.87. The van der Waals surface area contributed by atoms with E-state index in [0.717, 1.165) is 0 Å². The molecule has 8 heteroatoms. The zero-order valence-corrected chi connectivity index (χ0v) is 14.3. The van der Waals surface area contributed by atoms with Gasteiger partial charge in [-0.05, 0) is 25.5 Å². The first kappa shape index (κ1) is 18.5. The van der Waals surface area contributed by atoms with Crippen LogP contribution in [0.4, 0.5) is 16.3 Å². The van der Waals surface area contributed by atoms with Gasteiger partial charge in [0.05, 0.1) is 0 Å². The highest BCUT2D eigenvalue weighted by molar-refractivity contribution is 5.96. The number of nitrogens with one attached hydrogen (secondary N) is 2. The van der Waals surface area contributed by atoms with E-state index in [1.165, 1.54) is 4.90 Å². The maximum atomic E-state index is 12.5. The fourth-order valence-corrected chi connectivity index (χ4v) is 2.16. The van der Waals surface area contributed by atoms with Crippen LogP contribution in [0.15, 0.2) is 40.9 Å². The number of carbonyl (C=O) groups excluding carboxylic acids is 2. The van der Waals surface area contributed by atoms with Crippen molar-refractivity contribution in [1.82, 2.24) is 10.1 Å². The Morgan fingerprint density at radius 3 is 2.64 bits per heavy atom. The lowest BCUT2D eigenvalue weighted by Crippen LogP contribution is -2.41. The predicted octanol–water partition coefficient (Wildman–Crippen LogP) is 2.49. The highest BCUT2D eigenvalue weighted by Crippen LogP contribution is 2.09. The summed E-state index contributed by atoms with van der Waals surface area (Å²) in [4.78, 5) is 26.1. The molecule has 0 radical (unpaired) electrons. The van der Waals surface area contributed by atoms with Crippen molar-refractivity contribution in [3.63, 3.8) is 0 Å². The Kier molecular flexibility index (Phi) is 6.97. The molecule has 3 amide bonds. The Labute approximate surface area is 146 Å². The number of ether oxygens (including phenoxy) is 1. The molecule has 8 nitrogen and oxygen atoms in total. The van der Waals surface area contributed by atoms with E-state index in [1.807, 2.05) is 18.2 Å². The highest BCUT2D eigenvalue weighted by Gasteiger charge is 2.18. The van der Waals surface area contributed by atoms with Crippen molar-refractivity contribution >= 4 is 23.4 Å². The van der Waals surface area contributed by atoms with E-state index >= 15 is 0 Å². The minimum atomic E-state index is -0.353. The van der Waals surface area contributed by atoms with E-state index < -0.39 is 0 Å². The average Bonchev–Trinajstić information content (AvgIpc) is 2.99. The summed E-state index contributed by atoms with van der Waals surface area (Å²) in [6, 6.07) is 10.3. The largest absolute Gasteiger partial charge is 0.385 e. The van der Waals surface area contributed by atoms with Gasteiger partial charge in [0.1, 0.15) is 12.3 Å². The summed E-state index contributed by atoms with van der Waals surface area (Å²) in [7, 11) is 1.59. The van der Waals surface area contributed by atoms with Crippen LogP contribution >= 0.6 is 0 Å². The molecule has 0 aliphatic heterocycles. The lowest BCUT2D eigenvalue weighted by molar-refractivity contribution is -0.116. The number of rotatable bonds is 8. The summed E-state index contributed by atoms with van der Waals surface area (Å²) in [5.41, 5.74) is 0.664. The van der Waals surface area contributed by atoms with Gasteiger partial charge >= 0.3 is 6.03 Å². The minimum absolute atomic E-state index is 0.103. The van der Waals surface area contributed by atoms with Gasteiger partial charge in [-0.15, -0.1) is 0 Å². The lowest BCUT2D eigenvalue weighted by Gasteiger charge is -2.22. The molecule has 0 fully saturated rings. The molecule has 1 heterocycles. The van der Waals surface area contributed by atoms with Crippen LogP contribution in [0.2, 0.25) is 0 Å². The summed E-state index contributed by atoms with van der Waals surface area (Å²) >= 11 is 0. The number of para-hydroxylation sites is 1. The Bertz CT molecular complexity index is 687. The summed E-state index contributed by atoms with van der Waals surface area (Å²) in [6.45, 7) is 2.51. The maximum absolute atomic E-state index is 12.5. The number of urea groups is 1. The molecule has 0 atom stereocenters. The minimum Gasteiger partial charge on any atom is -0.385 e. The number of aryl methyl sites for hydroxylation is 1. The number of aromatic nitrogens is 1. The topological polar surface area (TPSA) is 96.7 Å². The SMILES string of the molecule is COCCCN(CC(=O)Nc1cc(C)on1)C(=O)Nc1ccccc1. The molecule has 2 aromatic rings. The first-order valence-electron chi connectivity index (χ1n) is 7.91. The van der Waals surface area contributed by atoms with Crippen molar-refractivity contribution < 1.29 is 18.8 Å². The Morgan fingerprint density at radius 2 is 2.00 bits per heavy atom. The molecule has 0 aliphatic rings. The molecule has 1 aromatic heterocycles. The van der Waals surface area contributed by atoms with Gasteiger partial charge in [0, 0.05) is 32.0 Å². The number of nitrogens with zero attached hydrogens (tertiary/aromatic N) is 2. The van der Waals surface area contributed by atoms with E-state index in [9.17, 15) is 9.59 Å². The van der Waals surface area contributed by atoms with Gasteiger partial charge in [-0.2, -0.15) is 0 Å². The average molecular weight is 346 g/mol. The van der Waals surface area contributed by atoms with Crippen LogP contribution in [-0.4, -0.2) is 48.8 Å². The van der Waals surface area contributed by atoms with Crippen molar-refractivity contribution in [2.45, 2.75) is 13.3 Å². The third kappa shape index (κ3) is 6.27. The number of amides is 3. The normalized spacial score (nSPS) is 10.3. The molecule has 0 bridgehead atoms. The Balaban J connectivity index is 1.96. The second kappa shape index (κ2) is 9.43. The second-order valence-electron chi connectivity index (χ2n) is 5.44. The number of benzene rings is 1. The van der Waals surface area contributed by atoms with Crippen molar-refractivity contribution in [2.24, 2.45) is 0 Å². The first-order chi connectivity index (χ1) is 12.1. The zero-order chi connectivity index (χ0) is 18.1. The molecule has 0 aliphatic carbocycles. The number of hydrogen-bond acceptors (Lipinski definition) is 5. The quantitative estimate of drug-likeness (QED) is 0.716. The molecule has 0 unspecified atom stereocenters. The van der Waals surface area contributed by atoms with Crippen molar-refractivity contribution in [3.8, 4) is 0 Å². The van der Waals surface area contributed by atoms with Crippen LogP contribution in [-0.2, 0) is 9.53 Å². The van der Waals surface area contributed by atoms with Gasteiger partial charge in [-0.3, -0.25) is 4.79 Å². The van der Waals surface area contributed by atoms with Gasteiger partial charge in [-0.25, -0.2) is 4.79 Å². The molecular weight excluding hydrogens is 324 g/mol. The molecule has 1 aromatic carbocycles. The van der Waals surface area contributed by atoms with E-state index in [2.05, 4.69) is 15.8 Å². The van der Waals surface area contributed by atoms with Gasteiger partial charge in [0.15, 0.2) is 5.82 Å². The summed E-state index contributed by atoms with van der Waals surface area (Å²) in [5, 5.41) is 9.09. The molecule has 0 spiro atoms. The van der Waals surface area contributed by atoms with Crippen LogP contribution in [0.25, 0.3) is 0 Å². The third-order valence-electron chi connectivity index (χ3n) is 3.32. The number of methoxy groups -OCH3 is 1. The molecule has 0 saturated carbocycles. The van der Waals surface area contributed by atoms with E-state index in [1.54, 1.807) is 32.2 Å². The van der Waals surface area contributed by atoms with Crippen LogP contribution in [0.1, 0.15) is 12.2 Å². The van der Waals surface area contributed by atoms with Crippen LogP contribution in [0.5, 0.6) is 0 Å². The molecule has 2 rings (SSSR count). The monoisotopic (exact) mass is 346 g/mol. The van der Waals surface area contributed by atoms with E-state index in [0.29, 0.717) is 36.8 Å². The van der Waals surface area contributed by atoms with Gasteiger partial charge < -0.3 is 24.8 Å². The number of carbonyl (C=O) groups is 2. The fraction of sp³-hybridized carbons (Fsp3) is 0.353. The van der Waals surface area contributed by atoms with E-state index in [4.69, 9.17) is 9.26 Å². The smallest absolute Gasteiger partial charge is 0.322 e. The predicted molar refractivity (Wildman–Crippen MR) is 93.4 cm³/mol. The third-order valence-corrected chi connectivity index (χ3v) is 3.32. The van der Waals surface area contributed by atoms with Crippen LogP contribution in [0.3, 0.4) is 0 Å². The first-order valence-corrected chi connectivity index (χ1v) is 7.91. The van der Waals surface area contributed by atoms with Gasteiger partial charge in [0.25, 0.3) is 0 Å². The van der Waals surface area contributed by atoms with Crippen molar-refractivity contribution in [1.29, 1.82) is 0 Å². The van der Waals surface area contributed by atoms with E-state index in [-0.39, 0.29) is 18.5 Å². The van der Waals surface area contributed by atoms with Crippen molar-refractivity contribution in [2.75, 3.05) is 37.4 Å². The van der Waals surface area contributed by atoms with Gasteiger partial charge in [0.2, 0.25) is 5.91 Å². The number of anilines is 2. The number of hydrogen-bond donors (Lipinski definition) is 2. The molecule has 0 saturated heterocycles. The molecular formula is C17H22N4O4. The molecule has 134 valence electrons. The maximum Gasteiger partial charge on any atom is 0.322 e. The lowest BCUT2D eigenvalue weighted by atomic mass is 10.3. The molecule has 2 N–H and O–H groups in total. The summed E-state index contributed by atoms with van der Waals surface area (Å²) in [6.07, 6.45) is 0.620. The zero-order valence-electron chi connectivity index (χ0n) is 14.3. The highest BCUT2D eigenvalue weighted by atomic mass is 16.5. The van der Waals surface area contributed by atoms with Crippen molar-refractivity contribution in [3.05, 3.63) is 42.2 Å². The standard InChI is InChI=1S/C17H22N4O4/c1-13-11-15(20-25-13)19-16(22)12-21(9-6-10-24-2)17(23)18-14-7-4-3-5-8-14/h3-5,7-8,11H,6,9-10,12H2,1-2H3,(H,18,23)(H,19,20,22). The van der Waals surface area contributed by atoms with Gasteiger partial charge in [-0.1, -0.05) is 23.4 Å². The Morgan fingerprint density at radius 1 is 1.24 bits per heavy atom. The van der Waals surface area contributed by atoms with Crippen LogP contribution in [0, 0.1) is 6.92 Å². The fourth-order valence-electron chi connectivity index (χ4n) is 2.16. The summed E-state index contributed by atoms with van der Waals surface area (Å²) < 4.78 is 9.91. The summed E-state index contributed by atoms with van der Waals surface area (Å²) in [5.74, 6) is 0.561. The van der Waals surface area contributed by atoms with Crippen LogP contribution < -0.4 is 10.6 Å². The molecule has 25 heavy (non-hydrogen) atoms.